The van der Waals surface area contributed by atoms with Crippen LogP contribution in [0.25, 0.3) is 17.1 Å². The van der Waals surface area contributed by atoms with Gasteiger partial charge in [0, 0.05) is 23.9 Å². The van der Waals surface area contributed by atoms with Gasteiger partial charge in [0.25, 0.3) is 15.9 Å². The summed E-state index contributed by atoms with van der Waals surface area (Å²) in [5, 5.41) is 9.08. The van der Waals surface area contributed by atoms with Gasteiger partial charge in [-0.15, -0.1) is 0 Å². The molecule has 2 heterocycles. The number of aromatic nitrogens is 2. The van der Waals surface area contributed by atoms with Gasteiger partial charge in [-0.05, 0) is 42.8 Å². The Bertz CT molecular complexity index is 1070. The summed E-state index contributed by atoms with van der Waals surface area (Å²) in [5.74, 6) is -0.667. The van der Waals surface area contributed by atoms with Gasteiger partial charge >= 0.3 is 0 Å². The first-order valence-corrected chi connectivity index (χ1v) is 8.77. The summed E-state index contributed by atoms with van der Waals surface area (Å²) in [4.78, 5) is 15.4. The maximum Gasteiger partial charge on any atom is 0.269 e. The van der Waals surface area contributed by atoms with Crippen molar-refractivity contribution in [2.24, 2.45) is 0 Å². The number of carbonyl (C=O) groups excluding carboxylic acids is 1. The number of nitrogens with one attached hydrogen (secondary N) is 1. The minimum absolute atomic E-state index is 0.181. The number of pyridine rings is 1. The molecule has 25 heavy (non-hydrogen) atoms. The summed E-state index contributed by atoms with van der Waals surface area (Å²) in [6.07, 6.45) is 5.50. The maximum atomic E-state index is 12.8. The number of benzene rings is 1. The molecule has 0 fully saturated rings. The van der Waals surface area contributed by atoms with E-state index >= 15 is 0 Å². The molecule has 2 N–H and O–H groups in total. The average molecular weight is 357 g/mol. The molecule has 128 valence electrons. The van der Waals surface area contributed by atoms with Gasteiger partial charge in [-0.2, -0.15) is 0 Å². The third-order valence-corrected chi connectivity index (χ3v) is 5.31. The van der Waals surface area contributed by atoms with Crippen molar-refractivity contribution in [1.82, 2.24) is 14.4 Å². The molecule has 0 unspecified atom stereocenters. The van der Waals surface area contributed by atoms with Crippen LogP contribution in [-0.2, 0) is 14.8 Å². The van der Waals surface area contributed by atoms with Crippen LogP contribution in [-0.4, -0.2) is 28.5 Å². The van der Waals surface area contributed by atoms with Gasteiger partial charge in [-0.25, -0.2) is 22.9 Å². The highest BCUT2D eigenvalue weighted by Gasteiger charge is 2.19. The Morgan fingerprint density at radius 3 is 2.64 bits per heavy atom. The first-order chi connectivity index (χ1) is 11.9. The van der Waals surface area contributed by atoms with E-state index in [2.05, 4.69) is 4.98 Å². The molecule has 0 spiro atoms. The summed E-state index contributed by atoms with van der Waals surface area (Å²) >= 11 is 0. The second kappa shape index (κ2) is 6.50. The standard InChI is InChI=1S/C17H15N3O4S/c1-12-2-5-15(6-3-12)25(23,24)20-9-8-14-10-13(11-18-17(14)20)4-7-16(21)19-22/h2-11,22H,1H3,(H,19,21)/b7-4+. The number of hydrogen-bond acceptors (Lipinski definition) is 5. The quantitative estimate of drug-likeness (QED) is 0.423. The zero-order valence-corrected chi connectivity index (χ0v) is 14.1. The summed E-state index contributed by atoms with van der Waals surface area (Å²) in [5.41, 5.74) is 3.35. The fourth-order valence-electron chi connectivity index (χ4n) is 2.34. The van der Waals surface area contributed by atoms with E-state index in [0.717, 1.165) is 15.6 Å². The van der Waals surface area contributed by atoms with Crippen molar-refractivity contribution >= 4 is 33.0 Å². The Hall–Kier alpha value is -2.97. The van der Waals surface area contributed by atoms with Crippen molar-refractivity contribution < 1.29 is 18.4 Å². The number of aryl methyl sites for hydroxylation is 1. The highest BCUT2D eigenvalue weighted by Crippen LogP contribution is 2.22. The van der Waals surface area contributed by atoms with Gasteiger partial charge in [0.2, 0.25) is 0 Å². The molecule has 0 saturated heterocycles. The van der Waals surface area contributed by atoms with Crippen molar-refractivity contribution in [1.29, 1.82) is 0 Å². The van der Waals surface area contributed by atoms with Crippen molar-refractivity contribution in [3.8, 4) is 0 Å². The summed E-state index contributed by atoms with van der Waals surface area (Å²) < 4.78 is 26.7. The minimum Gasteiger partial charge on any atom is -0.288 e. The van der Waals surface area contributed by atoms with Crippen LogP contribution in [0.4, 0.5) is 0 Å². The van der Waals surface area contributed by atoms with Gasteiger partial charge in [-0.1, -0.05) is 17.7 Å². The van der Waals surface area contributed by atoms with E-state index < -0.39 is 15.9 Å². The van der Waals surface area contributed by atoms with Gasteiger partial charge in [0.15, 0.2) is 5.65 Å². The molecule has 8 heteroatoms. The molecule has 3 aromatic rings. The topological polar surface area (TPSA) is 101 Å². The van der Waals surface area contributed by atoms with Gasteiger partial charge in [-0.3, -0.25) is 10.0 Å². The highest BCUT2D eigenvalue weighted by atomic mass is 32.2. The smallest absolute Gasteiger partial charge is 0.269 e. The molecule has 3 rings (SSSR count). The van der Waals surface area contributed by atoms with Crippen molar-refractivity contribution in [2.45, 2.75) is 11.8 Å². The third kappa shape index (κ3) is 3.30. The van der Waals surface area contributed by atoms with Crippen LogP contribution in [0.1, 0.15) is 11.1 Å². The Kier molecular flexibility index (Phi) is 4.39. The number of nitrogens with zero attached hydrogens (tertiary/aromatic N) is 2. The number of fused-ring (bicyclic) bond motifs is 1. The zero-order valence-electron chi connectivity index (χ0n) is 13.2. The molecule has 1 aromatic carbocycles. The van der Waals surface area contributed by atoms with Gasteiger partial charge in [0.05, 0.1) is 4.90 Å². The molecule has 0 radical (unpaired) electrons. The van der Waals surface area contributed by atoms with E-state index in [-0.39, 0.29) is 4.90 Å². The van der Waals surface area contributed by atoms with Crippen molar-refractivity contribution in [3.63, 3.8) is 0 Å². The lowest BCUT2D eigenvalue weighted by Crippen LogP contribution is -2.14. The number of hydrogen-bond donors (Lipinski definition) is 2. The molecule has 0 aliphatic heterocycles. The first kappa shape index (κ1) is 16.9. The first-order valence-electron chi connectivity index (χ1n) is 7.33. The minimum atomic E-state index is -3.74. The third-order valence-electron chi connectivity index (χ3n) is 3.63. The van der Waals surface area contributed by atoms with Crippen LogP contribution in [0.2, 0.25) is 0 Å². The van der Waals surface area contributed by atoms with Crippen LogP contribution in [0, 0.1) is 6.92 Å². The predicted octanol–water partition coefficient (Wildman–Crippen LogP) is 2.10. The molecule has 0 bridgehead atoms. The van der Waals surface area contributed by atoms with Crippen LogP contribution >= 0.6 is 0 Å². The van der Waals surface area contributed by atoms with Crippen molar-refractivity contribution in [3.05, 3.63) is 66.0 Å². The molecule has 0 atom stereocenters. The molecule has 0 saturated carbocycles. The maximum absolute atomic E-state index is 12.8. The van der Waals surface area contributed by atoms with E-state index in [1.807, 2.05) is 6.92 Å². The Balaban J connectivity index is 2.02. The van der Waals surface area contributed by atoms with E-state index in [0.29, 0.717) is 16.6 Å². The normalized spacial score (nSPS) is 11.9. The largest absolute Gasteiger partial charge is 0.288 e. The van der Waals surface area contributed by atoms with Crippen LogP contribution in [0.5, 0.6) is 0 Å². The van der Waals surface area contributed by atoms with Crippen LogP contribution < -0.4 is 5.48 Å². The van der Waals surface area contributed by atoms with Crippen molar-refractivity contribution in [2.75, 3.05) is 0 Å². The number of amides is 1. The summed E-state index contributed by atoms with van der Waals surface area (Å²) in [7, 11) is -3.74. The monoisotopic (exact) mass is 357 g/mol. The van der Waals surface area contributed by atoms with E-state index in [1.54, 1.807) is 36.4 Å². The van der Waals surface area contributed by atoms with E-state index in [4.69, 9.17) is 5.21 Å². The number of rotatable bonds is 4. The zero-order chi connectivity index (χ0) is 18.0. The molecule has 1 amide bonds. The second-order valence-corrected chi connectivity index (χ2v) is 7.24. The van der Waals surface area contributed by atoms with Gasteiger partial charge < -0.3 is 0 Å². The number of hydroxylamine groups is 1. The fourth-order valence-corrected chi connectivity index (χ4v) is 3.64. The molecule has 2 aromatic heterocycles. The Morgan fingerprint density at radius 1 is 1.24 bits per heavy atom. The lowest BCUT2D eigenvalue weighted by atomic mass is 10.2. The van der Waals surface area contributed by atoms with E-state index in [1.165, 1.54) is 23.9 Å². The van der Waals surface area contributed by atoms with E-state index in [9.17, 15) is 13.2 Å². The Labute approximate surface area is 144 Å². The highest BCUT2D eigenvalue weighted by molar-refractivity contribution is 7.90. The Morgan fingerprint density at radius 2 is 1.96 bits per heavy atom. The average Bonchev–Trinajstić information content (AvgIpc) is 3.04. The lowest BCUT2D eigenvalue weighted by molar-refractivity contribution is -0.124. The molecule has 0 aliphatic rings. The lowest BCUT2D eigenvalue weighted by Gasteiger charge is -2.07. The van der Waals surface area contributed by atoms with Gasteiger partial charge in [0.1, 0.15) is 0 Å². The predicted molar refractivity (Wildman–Crippen MR) is 92.5 cm³/mol. The molecule has 7 nitrogen and oxygen atoms in total. The van der Waals surface area contributed by atoms with Crippen LogP contribution in [0.3, 0.4) is 0 Å². The number of carbonyl (C=O) groups is 1. The molecular formula is C17H15N3O4S. The molecular weight excluding hydrogens is 342 g/mol. The fraction of sp³-hybridized carbons (Fsp3) is 0.0588. The summed E-state index contributed by atoms with van der Waals surface area (Å²) in [6.45, 7) is 1.88. The summed E-state index contributed by atoms with van der Waals surface area (Å²) in [6, 6.07) is 9.92. The SMILES string of the molecule is Cc1ccc(S(=O)(=O)n2ccc3cc(/C=C/C(=O)NO)cnc32)cc1. The molecule has 0 aliphatic carbocycles. The van der Waals surface area contributed by atoms with Crippen LogP contribution in [0.15, 0.2) is 59.8 Å². The second-order valence-electron chi connectivity index (χ2n) is 5.42.